The summed E-state index contributed by atoms with van der Waals surface area (Å²) in [6.07, 6.45) is 7.08. The SMILES string of the molecule is CCCCCn1cc(C)nc1NCCC. The van der Waals surface area contributed by atoms with Crippen molar-refractivity contribution >= 4 is 5.95 Å². The molecule has 0 spiro atoms. The Morgan fingerprint density at radius 2 is 2.07 bits per heavy atom. The van der Waals surface area contributed by atoms with E-state index in [1.54, 1.807) is 0 Å². The highest BCUT2D eigenvalue weighted by Crippen LogP contribution is 2.10. The Kier molecular flexibility index (Phi) is 5.22. The maximum absolute atomic E-state index is 4.48. The molecule has 0 amide bonds. The maximum atomic E-state index is 4.48. The van der Waals surface area contributed by atoms with E-state index >= 15 is 0 Å². The lowest BCUT2D eigenvalue weighted by atomic mass is 10.2. The average Bonchev–Trinajstić information content (AvgIpc) is 2.56. The minimum absolute atomic E-state index is 1.00. The van der Waals surface area contributed by atoms with Gasteiger partial charge in [-0.05, 0) is 19.8 Å². The van der Waals surface area contributed by atoms with Gasteiger partial charge in [0.25, 0.3) is 0 Å². The standard InChI is InChI=1S/C12H23N3/c1-4-6-7-9-15-10-11(3)14-12(15)13-8-5-2/h10H,4-9H2,1-3H3,(H,13,14). The van der Waals surface area contributed by atoms with Crippen LogP contribution >= 0.6 is 0 Å². The van der Waals surface area contributed by atoms with Crippen LogP contribution in [0.25, 0.3) is 0 Å². The zero-order valence-corrected chi connectivity index (χ0v) is 10.2. The molecule has 0 aliphatic heterocycles. The van der Waals surface area contributed by atoms with Crippen LogP contribution in [0.4, 0.5) is 5.95 Å². The zero-order valence-electron chi connectivity index (χ0n) is 10.2. The number of imidazole rings is 1. The number of hydrogen-bond acceptors (Lipinski definition) is 2. The molecule has 86 valence electrons. The Hall–Kier alpha value is -0.990. The molecule has 0 saturated heterocycles. The summed E-state index contributed by atoms with van der Waals surface area (Å²) in [6, 6.07) is 0. The van der Waals surface area contributed by atoms with Crippen molar-refractivity contribution in [1.82, 2.24) is 9.55 Å². The minimum atomic E-state index is 1.00. The normalized spacial score (nSPS) is 10.6. The van der Waals surface area contributed by atoms with E-state index in [-0.39, 0.29) is 0 Å². The molecule has 0 aliphatic carbocycles. The average molecular weight is 209 g/mol. The van der Waals surface area contributed by atoms with Gasteiger partial charge in [0, 0.05) is 19.3 Å². The highest BCUT2D eigenvalue weighted by atomic mass is 15.2. The van der Waals surface area contributed by atoms with Gasteiger partial charge in [-0.15, -0.1) is 0 Å². The number of hydrogen-bond donors (Lipinski definition) is 1. The molecule has 3 nitrogen and oxygen atoms in total. The fourth-order valence-corrected chi connectivity index (χ4v) is 1.63. The lowest BCUT2D eigenvalue weighted by Crippen LogP contribution is -2.08. The van der Waals surface area contributed by atoms with Gasteiger partial charge < -0.3 is 9.88 Å². The van der Waals surface area contributed by atoms with Gasteiger partial charge in [-0.2, -0.15) is 0 Å². The minimum Gasteiger partial charge on any atom is -0.356 e. The maximum Gasteiger partial charge on any atom is 0.203 e. The Bertz CT molecular complexity index is 278. The molecule has 1 rings (SSSR count). The number of anilines is 1. The first kappa shape index (κ1) is 12.1. The van der Waals surface area contributed by atoms with Crippen molar-refractivity contribution in [2.24, 2.45) is 0 Å². The molecule has 1 aromatic heterocycles. The third-order valence-electron chi connectivity index (χ3n) is 2.43. The Morgan fingerprint density at radius 1 is 1.27 bits per heavy atom. The monoisotopic (exact) mass is 209 g/mol. The number of aromatic nitrogens is 2. The predicted octanol–water partition coefficient (Wildman–Crippen LogP) is 3.20. The van der Waals surface area contributed by atoms with E-state index in [1.807, 2.05) is 6.92 Å². The van der Waals surface area contributed by atoms with Crippen molar-refractivity contribution in [2.45, 2.75) is 53.0 Å². The van der Waals surface area contributed by atoms with Crippen LogP contribution in [-0.2, 0) is 6.54 Å². The first-order valence-electron chi connectivity index (χ1n) is 6.05. The molecule has 0 bridgehead atoms. The van der Waals surface area contributed by atoms with Crippen molar-refractivity contribution in [3.05, 3.63) is 11.9 Å². The van der Waals surface area contributed by atoms with E-state index in [1.165, 1.54) is 19.3 Å². The molecular weight excluding hydrogens is 186 g/mol. The van der Waals surface area contributed by atoms with Crippen molar-refractivity contribution < 1.29 is 0 Å². The van der Waals surface area contributed by atoms with Gasteiger partial charge in [0.15, 0.2) is 0 Å². The molecule has 3 heteroatoms. The predicted molar refractivity (Wildman–Crippen MR) is 65.3 cm³/mol. The summed E-state index contributed by atoms with van der Waals surface area (Å²) >= 11 is 0. The lowest BCUT2D eigenvalue weighted by molar-refractivity contribution is 0.605. The molecule has 1 heterocycles. The van der Waals surface area contributed by atoms with Crippen LogP contribution in [0, 0.1) is 6.92 Å². The van der Waals surface area contributed by atoms with Crippen LogP contribution in [0.5, 0.6) is 0 Å². The Labute approximate surface area is 92.9 Å². The molecule has 0 saturated carbocycles. The van der Waals surface area contributed by atoms with Gasteiger partial charge in [-0.25, -0.2) is 4.98 Å². The summed E-state index contributed by atoms with van der Waals surface area (Å²) in [6.45, 7) is 8.54. The van der Waals surface area contributed by atoms with E-state index in [2.05, 4.69) is 34.9 Å². The quantitative estimate of drug-likeness (QED) is 0.699. The summed E-state index contributed by atoms with van der Waals surface area (Å²) in [5.74, 6) is 1.03. The number of nitrogens with one attached hydrogen (secondary N) is 1. The third-order valence-corrected chi connectivity index (χ3v) is 2.43. The summed E-state index contributed by atoms with van der Waals surface area (Å²) in [5, 5.41) is 3.36. The summed E-state index contributed by atoms with van der Waals surface area (Å²) in [7, 11) is 0. The molecule has 1 aromatic rings. The van der Waals surface area contributed by atoms with Gasteiger partial charge in [-0.1, -0.05) is 26.7 Å². The number of nitrogens with zero attached hydrogens (tertiary/aromatic N) is 2. The van der Waals surface area contributed by atoms with Crippen LogP contribution in [0.2, 0.25) is 0 Å². The third kappa shape index (κ3) is 3.94. The first-order chi connectivity index (χ1) is 7.27. The highest BCUT2D eigenvalue weighted by molar-refractivity contribution is 5.28. The molecule has 0 aliphatic rings. The van der Waals surface area contributed by atoms with Gasteiger partial charge >= 0.3 is 0 Å². The van der Waals surface area contributed by atoms with Crippen molar-refractivity contribution in [1.29, 1.82) is 0 Å². The van der Waals surface area contributed by atoms with Crippen LogP contribution < -0.4 is 5.32 Å². The van der Waals surface area contributed by atoms with E-state index in [9.17, 15) is 0 Å². The van der Waals surface area contributed by atoms with Gasteiger partial charge in [0.2, 0.25) is 5.95 Å². The van der Waals surface area contributed by atoms with Crippen molar-refractivity contribution in [2.75, 3.05) is 11.9 Å². The van der Waals surface area contributed by atoms with Crippen LogP contribution in [-0.4, -0.2) is 16.1 Å². The first-order valence-corrected chi connectivity index (χ1v) is 6.05. The van der Waals surface area contributed by atoms with Crippen molar-refractivity contribution in [3.8, 4) is 0 Å². The summed E-state index contributed by atoms with van der Waals surface area (Å²) in [5.41, 5.74) is 1.10. The zero-order chi connectivity index (χ0) is 11.1. The van der Waals surface area contributed by atoms with E-state index in [0.29, 0.717) is 0 Å². The van der Waals surface area contributed by atoms with E-state index in [0.717, 1.165) is 31.2 Å². The second-order valence-electron chi connectivity index (χ2n) is 4.03. The molecule has 0 aromatic carbocycles. The fourth-order valence-electron chi connectivity index (χ4n) is 1.63. The van der Waals surface area contributed by atoms with Gasteiger partial charge in [0.05, 0.1) is 5.69 Å². The largest absolute Gasteiger partial charge is 0.356 e. The number of aryl methyl sites for hydroxylation is 2. The van der Waals surface area contributed by atoms with E-state index < -0.39 is 0 Å². The lowest BCUT2D eigenvalue weighted by Gasteiger charge is -2.08. The van der Waals surface area contributed by atoms with Crippen LogP contribution in [0.15, 0.2) is 6.20 Å². The summed E-state index contributed by atoms with van der Waals surface area (Å²) < 4.78 is 2.24. The molecule has 15 heavy (non-hydrogen) atoms. The Balaban J connectivity index is 2.51. The topological polar surface area (TPSA) is 29.9 Å². The molecular formula is C12H23N3. The van der Waals surface area contributed by atoms with E-state index in [4.69, 9.17) is 0 Å². The van der Waals surface area contributed by atoms with Crippen LogP contribution in [0.1, 0.15) is 45.2 Å². The molecule has 1 N–H and O–H groups in total. The smallest absolute Gasteiger partial charge is 0.203 e. The molecule has 0 fully saturated rings. The van der Waals surface area contributed by atoms with Crippen molar-refractivity contribution in [3.63, 3.8) is 0 Å². The number of unbranched alkanes of at least 4 members (excludes halogenated alkanes) is 2. The van der Waals surface area contributed by atoms with Crippen LogP contribution in [0.3, 0.4) is 0 Å². The molecule has 0 unspecified atom stereocenters. The second kappa shape index (κ2) is 6.49. The molecule has 0 radical (unpaired) electrons. The highest BCUT2D eigenvalue weighted by Gasteiger charge is 2.03. The van der Waals surface area contributed by atoms with Gasteiger partial charge in [0.1, 0.15) is 0 Å². The Morgan fingerprint density at radius 3 is 2.73 bits per heavy atom. The van der Waals surface area contributed by atoms with Gasteiger partial charge in [-0.3, -0.25) is 0 Å². The second-order valence-corrected chi connectivity index (χ2v) is 4.03. The fraction of sp³-hybridized carbons (Fsp3) is 0.750. The summed E-state index contributed by atoms with van der Waals surface area (Å²) in [4.78, 5) is 4.48. The molecule has 0 atom stereocenters. The number of rotatable bonds is 7.